The molecule has 3 rings (SSSR count). The zero-order valence-corrected chi connectivity index (χ0v) is 12.8. The van der Waals surface area contributed by atoms with Crippen LogP contribution in [0, 0.1) is 5.92 Å². The summed E-state index contributed by atoms with van der Waals surface area (Å²) in [5, 5.41) is 3.36. The van der Waals surface area contributed by atoms with E-state index in [2.05, 4.69) is 29.3 Å². The van der Waals surface area contributed by atoms with Crippen molar-refractivity contribution in [2.24, 2.45) is 5.92 Å². The van der Waals surface area contributed by atoms with Crippen LogP contribution >= 0.6 is 0 Å². The molecule has 2 saturated heterocycles. The number of likely N-dealkylation sites (tertiary alicyclic amines) is 1. The molecule has 21 heavy (non-hydrogen) atoms. The predicted molar refractivity (Wildman–Crippen MR) is 85.8 cm³/mol. The van der Waals surface area contributed by atoms with Crippen LogP contribution in [0.25, 0.3) is 0 Å². The van der Waals surface area contributed by atoms with Crippen molar-refractivity contribution >= 4 is 11.6 Å². The summed E-state index contributed by atoms with van der Waals surface area (Å²) < 4.78 is 0. The topological polar surface area (TPSA) is 35.6 Å². The molecule has 114 valence electrons. The molecule has 1 aromatic rings. The third kappa shape index (κ3) is 3.38. The minimum atomic E-state index is 0.193. The number of nitrogens with zero attached hydrogens (tertiary/aromatic N) is 2. The molecule has 1 amide bonds. The van der Waals surface area contributed by atoms with Crippen molar-refractivity contribution < 1.29 is 4.79 Å². The fourth-order valence-electron chi connectivity index (χ4n) is 3.15. The second kappa shape index (κ2) is 6.48. The molecule has 2 heterocycles. The van der Waals surface area contributed by atoms with E-state index in [1.165, 1.54) is 5.69 Å². The van der Waals surface area contributed by atoms with Gasteiger partial charge in [0.25, 0.3) is 5.91 Å². The molecule has 0 unspecified atom stereocenters. The lowest BCUT2D eigenvalue weighted by Crippen LogP contribution is -2.43. The summed E-state index contributed by atoms with van der Waals surface area (Å²) in [5.74, 6) is 0.945. The van der Waals surface area contributed by atoms with Crippen LogP contribution in [0.1, 0.15) is 30.1 Å². The van der Waals surface area contributed by atoms with Gasteiger partial charge in [-0.2, -0.15) is 0 Å². The van der Waals surface area contributed by atoms with Crippen LogP contribution in [0.4, 0.5) is 5.69 Å². The highest BCUT2D eigenvalue weighted by molar-refractivity contribution is 5.95. The van der Waals surface area contributed by atoms with Crippen LogP contribution < -0.4 is 10.2 Å². The summed E-state index contributed by atoms with van der Waals surface area (Å²) in [7, 11) is 0. The SMILES string of the molecule is CC1CCN(C(=O)c2cccc(N3CCNCC3)c2)CC1. The van der Waals surface area contributed by atoms with Gasteiger partial charge < -0.3 is 15.1 Å². The maximum atomic E-state index is 12.6. The minimum absolute atomic E-state index is 0.193. The highest BCUT2D eigenvalue weighted by Crippen LogP contribution is 2.21. The Bertz CT molecular complexity index is 489. The van der Waals surface area contributed by atoms with Crippen molar-refractivity contribution in [2.75, 3.05) is 44.2 Å². The van der Waals surface area contributed by atoms with Crippen LogP contribution in [-0.2, 0) is 0 Å². The number of benzene rings is 1. The number of hydrogen-bond donors (Lipinski definition) is 1. The van der Waals surface area contributed by atoms with Crippen LogP contribution in [0.15, 0.2) is 24.3 Å². The van der Waals surface area contributed by atoms with Gasteiger partial charge in [0.15, 0.2) is 0 Å². The quantitative estimate of drug-likeness (QED) is 0.903. The normalized spacial score (nSPS) is 20.6. The fourth-order valence-corrected chi connectivity index (χ4v) is 3.15. The van der Waals surface area contributed by atoms with Gasteiger partial charge in [-0.3, -0.25) is 4.79 Å². The molecule has 0 bridgehead atoms. The van der Waals surface area contributed by atoms with Crippen LogP contribution in [-0.4, -0.2) is 50.1 Å². The first-order chi connectivity index (χ1) is 10.2. The Hall–Kier alpha value is -1.55. The highest BCUT2D eigenvalue weighted by Gasteiger charge is 2.22. The summed E-state index contributed by atoms with van der Waals surface area (Å²) in [4.78, 5) is 17.0. The smallest absolute Gasteiger partial charge is 0.253 e. The van der Waals surface area contributed by atoms with Gasteiger partial charge in [-0.05, 0) is 37.0 Å². The van der Waals surface area contributed by atoms with Crippen molar-refractivity contribution in [2.45, 2.75) is 19.8 Å². The van der Waals surface area contributed by atoms with Crippen LogP contribution in [0.2, 0.25) is 0 Å². The molecular weight excluding hydrogens is 262 g/mol. The molecule has 0 aromatic heterocycles. The molecule has 2 aliphatic rings. The van der Waals surface area contributed by atoms with E-state index in [1.54, 1.807) is 0 Å². The maximum Gasteiger partial charge on any atom is 0.253 e. The average Bonchev–Trinajstić information content (AvgIpc) is 2.56. The van der Waals surface area contributed by atoms with E-state index >= 15 is 0 Å². The Morgan fingerprint density at radius 1 is 1.14 bits per heavy atom. The van der Waals surface area contributed by atoms with E-state index in [4.69, 9.17) is 0 Å². The van der Waals surface area contributed by atoms with Gasteiger partial charge in [-0.25, -0.2) is 0 Å². The molecule has 1 N–H and O–H groups in total. The number of carbonyl (C=O) groups excluding carboxylic acids is 1. The molecule has 4 nitrogen and oxygen atoms in total. The summed E-state index contributed by atoms with van der Waals surface area (Å²) in [6, 6.07) is 8.13. The van der Waals surface area contributed by atoms with E-state index in [1.807, 2.05) is 17.0 Å². The molecule has 1 aromatic carbocycles. The number of amides is 1. The average molecular weight is 287 g/mol. The first-order valence-electron chi connectivity index (χ1n) is 8.09. The largest absolute Gasteiger partial charge is 0.369 e. The van der Waals surface area contributed by atoms with Gasteiger partial charge in [0, 0.05) is 50.5 Å². The van der Waals surface area contributed by atoms with Crippen LogP contribution in [0.5, 0.6) is 0 Å². The predicted octanol–water partition coefficient (Wildman–Crippen LogP) is 1.97. The molecular formula is C17H25N3O. The summed E-state index contributed by atoms with van der Waals surface area (Å²) in [5.41, 5.74) is 2.01. The monoisotopic (exact) mass is 287 g/mol. The summed E-state index contributed by atoms with van der Waals surface area (Å²) in [6.07, 6.45) is 2.26. The number of piperazine rings is 1. The third-order valence-electron chi connectivity index (χ3n) is 4.65. The number of nitrogens with one attached hydrogen (secondary N) is 1. The number of rotatable bonds is 2. The van der Waals surface area contributed by atoms with Crippen molar-refractivity contribution in [3.63, 3.8) is 0 Å². The zero-order chi connectivity index (χ0) is 14.7. The molecule has 2 aliphatic heterocycles. The van der Waals surface area contributed by atoms with E-state index in [0.717, 1.165) is 63.6 Å². The Kier molecular flexibility index (Phi) is 4.44. The molecule has 0 spiro atoms. The molecule has 4 heteroatoms. The maximum absolute atomic E-state index is 12.6. The first-order valence-corrected chi connectivity index (χ1v) is 8.09. The van der Waals surface area contributed by atoms with Gasteiger partial charge in [0.1, 0.15) is 0 Å². The number of anilines is 1. The molecule has 0 radical (unpaired) electrons. The molecule has 0 aliphatic carbocycles. The second-order valence-corrected chi connectivity index (χ2v) is 6.26. The van der Waals surface area contributed by atoms with Crippen molar-refractivity contribution in [1.29, 1.82) is 0 Å². The zero-order valence-electron chi connectivity index (χ0n) is 12.8. The van der Waals surface area contributed by atoms with Crippen molar-refractivity contribution in [3.8, 4) is 0 Å². The van der Waals surface area contributed by atoms with E-state index in [-0.39, 0.29) is 5.91 Å². The standard InChI is InChI=1S/C17H25N3O/c1-14-5-9-20(10-6-14)17(21)15-3-2-4-16(13-15)19-11-7-18-8-12-19/h2-4,13-14,18H,5-12H2,1H3. The summed E-state index contributed by atoms with van der Waals surface area (Å²) in [6.45, 7) is 8.13. The fraction of sp³-hybridized carbons (Fsp3) is 0.588. The Balaban J connectivity index is 1.71. The van der Waals surface area contributed by atoms with Gasteiger partial charge in [0.2, 0.25) is 0 Å². The van der Waals surface area contributed by atoms with Crippen molar-refractivity contribution in [1.82, 2.24) is 10.2 Å². The highest BCUT2D eigenvalue weighted by atomic mass is 16.2. The number of hydrogen-bond acceptors (Lipinski definition) is 3. The summed E-state index contributed by atoms with van der Waals surface area (Å²) >= 11 is 0. The van der Waals surface area contributed by atoms with Gasteiger partial charge >= 0.3 is 0 Å². The molecule has 0 atom stereocenters. The first kappa shape index (κ1) is 14.4. The third-order valence-corrected chi connectivity index (χ3v) is 4.65. The van der Waals surface area contributed by atoms with E-state index < -0.39 is 0 Å². The number of piperidine rings is 1. The molecule has 2 fully saturated rings. The lowest BCUT2D eigenvalue weighted by molar-refractivity contribution is 0.0697. The van der Waals surface area contributed by atoms with Crippen LogP contribution in [0.3, 0.4) is 0 Å². The minimum Gasteiger partial charge on any atom is -0.369 e. The van der Waals surface area contributed by atoms with Gasteiger partial charge in [-0.1, -0.05) is 13.0 Å². The Morgan fingerprint density at radius 3 is 2.57 bits per heavy atom. The molecule has 0 saturated carbocycles. The Labute approximate surface area is 127 Å². The van der Waals surface area contributed by atoms with E-state index in [9.17, 15) is 4.79 Å². The van der Waals surface area contributed by atoms with E-state index in [0.29, 0.717) is 0 Å². The van der Waals surface area contributed by atoms with Gasteiger partial charge in [-0.15, -0.1) is 0 Å². The second-order valence-electron chi connectivity index (χ2n) is 6.26. The lowest BCUT2D eigenvalue weighted by atomic mass is 9.98. The Morgan fingerprint density at radius 2 is 1.86 bits per heavy atom. The van der Waals surface area contributed by atoms with Gasteiger partial charge in [0.05, 0.1) is 0 Å². The van der Waals surface area contributed by atoms with Crippen molar-refractivity contribution in [3.05, 3.63) is 29.8 Å². The number of carbonyl (C=O) groups is 1. The lowest BCUT2D eigenvalue weighted by Gasteiger charge is -2.32.